The zero-order chi connectivity index (χ0) is 15.6. The van der Waals surface area contributed by atoms with Crippen molar-refractivity contribution in [2.24, 2.45) is 11.8 Å². The fourth-order valence-corrected chi connectivity index (χ4v) is 2.75. The van der Waals surface area contributed by atoms with E-state index < -0.39 is 5.97 Å². The number of carbonyl (C=O) groups is 2. The molecule has 0 radical (unpaired) electrons. The van der Waals surface area contributed by atoms with Gasteiger partial charge in [0.15, 0.2) is 0 Å². The average molecular weight is 290 g/mol. The molecule has 1 saturated carbocycles. The molecule has 2 rings (SSSR count). The molecule has 5 nitrogen and oxygen atoms in total. The van der Waals surface area contributed by atoms with E-state index in [2.05, 4.69) is 5.32 Å². The maximum atomic E-state index is 12.2. The Kier molecular flexibility index (Phi) is 4.50. The van der Waals surface area contributed by atoms with E-state index in [-0.39, 0.29) is 17.7 Å². The third kappa shape index (κ3) is 3.54. The molecule has 0 aliphatic heterocycles. The van der Waals surface area contributed by atoms with Crippen LogP contribution in [0.25, 0.3) is 0 Å². The van der Waals surface area contributed by atoms with Gasteiger partial charge in [0.2, 0.25) is 5.91 Å². The van der Waals surface area contributed by atoms with Crippen molar-refractivity contribution in [3.8, 4) is 0 Å². The highest BCUT2D eigenvalue weighted by atomic mass is 16.4. The van der Waals surface area contributed by atoms with E-state index in [0.29, 0.717) is 19.3 Å². The van der Waals surface area contributed by atoms with Crippen LogP contribution < -0.4 is 10.2 Å². The summed E-state index contributed by atoms with van der Waals surface area (Å²) in [5.41, 5.74) is 2.88. The molecule has 2 N–H and O–H groups in total. The van der Waals surface area contributed by atoms with Gasteiger partial charge >= 0.3 is 5.97 Å². The molecule has 0 saturated heterocycles. The number of rotatable bonds is 4. The quantitative estimate of drug-likeness (QED) is 0.894. The average Bonchev–Trinajstić information content (AvgIpc) is 2.90. The summed E-state index contributed by atoms with van der Waals surface area (Å²) >= 11 is 0. The maximum absolute atomic E-state index is 12.2. The van der Waals surface area contributed by atoms with Crippen molar-refractivity contribution >= 4 is 23.3 Å². The number of hydrogen-bond acceptors (Lipinski definition) is 3. The molecule has 1 aliphatic rings. The van der Waals surface area contributed by atoms with E-state index in [9.17, 15) is 9.59 Å². The Morgan fingerprint density at radius 2 is 1.90 bits per heavy atom. The summed E-state index contributed by atoms with van der Waals surface area (Å²) in [6.07, 6.45) is 1.68. The van der Waals surface area contributed by atoms with Gasteiger partial charge < -0.3 is 15.3 Å². The third-order valence-corrected chi connectivity index (χ3v) is 4.14. The third-order valence-electron chi connectivity index (χ3n) is 4.14. The highest BCUT2D eigenvalue weighted by Gasteiger charge is 2.33. The summed E-state index contributed by atoms with van der Waals surface area (Å²) in [6, 6.07) is 5.87. The summed E-state index contributed by atoms with van der Waals surface area (Å²) in [7, 11) is 3.94. The summed E-state index contributed by atoms with van der Waals surface area (Å²) < 4.78 is 0. The van der Waals surface area contributed by atoms with E-state index in [1.54, 1.807) is 0 Å². The minimum Gasteiger partial charge on any atom is -0.481 e. The Labute approximate surface area is 125 Å². The molecular weight excluding hydrogens is 268 g/mol. The molecule has 0 aromatic heterocycles. The lowest BCUT2D eigenvalue weighted by Crippen LogP contribution is -2.22. The Morgan fingerprint density at radius 3 is 2.43 bits per heavy atom. The lowest BCUT2D eigenvalue weighted by molar-refractivity contribution is -0.141. The maximum Gasteiger partial charge on any atom is 0.306 e. The summed E-state index contributed by atoms with van der Waals surface area (Å²) in [5, 5.41) is 11.9. The van der Waals surface area contributed by atoms with Crippen molar-refractivity contribution < 1.29 is 14.7 Å². The van der Waals surface area contributed by atoms with Crippen LogP contribution in [0.15, 0.2) is 18.2 Å². The molecule has 2 unspecified atom stereocenters. The first-order chi connectivity index (χ1) is 9.88. The molecule has 5 heteroatoms. The van der Waals surface area contributed by atoms with Crippen LogP contribution in [-0.2, 0) is 9.59 Å². The smallest absolute Gasteiger partial charge is 0.306 e. The molecule has 1 fully saturated rings. The van der Waals surface area contributed by atoms with E-state index in [1.165, 1.54) is 0 Å². The Hall–Kier alpha value is -2.04. The molecule has 1 aromatic rings. The summed E-state index contributed by atoms with van der Waals surface area (Å²) in [4.78, 5) is 25.2. The monoisotopic (exact) mass is 290 g/mol. The zero-order valence-electron chi connectivity index (χ0n) is 12.7. The second-order valence-corrected chi connectivity index (χ2v) is 5.93. The molecule has 114 valence electrons. The topological polar surface area (TPSA) is 69.6 Å². The van der Waals surface area contributed by atoms with E-state index in [1.807, 2.05) is 44.1 Å². The SMILES string of the molecule is Cc1cc(N(C)C)ccc1NC(=O)C1CCC(C(=O)O)C1. The molecule has 1 aromatic carbocycles. The zero-order valence-corrected chi connectivity index (χ0v) is 12.7. The number of anilines is 2. The van der Waals surface area contributed by atoms with E-state index in [4.69, 9.17) is 5.11 Å². The van der Waals surface area contributed by atoms with Gasteiger partial charge in [0, 0.05) is 31.4 Å². The number of nitrogens with one attached hydrogen (secondary N) is 1. The minimum absolute atomic E-state index is 0.0700. The van der Waals surface area contributed by atoms with Crippen LogP contribution >= 0.6 is 0 Å². The first kappa shape index (κ1) is 15.4. The highest BCUT2D eigenvalue weighted by molar-refractivity contribution is 5.94. The molecule has 0 heterocycles. The van der Waals surface area contributed by atoms with Crippen LogP contribution in [0.2, 0.25) is 0 Å². The van der Waals surface area contributed by atoms with Gasteiger partial charge in [-0.05, 0) is 49.9 Å². The van der Waals surface area contributed by atoms with Crippen molar-refractivity contribution in [3.63, 3.8) is 0 Å². The van der Waals surface area contributed by atoms with Gasteiger partial charge in [0.05, 0.1) is 5.92 Å². The number of carbonyl (C=O) groups excluding carboxylic acids is 1. The van der Waals surface area contributed by atoms with Crippen LogP contribution in [0.3, 0.4) is 0 Å². The van der Waals surface area contributed by atoms with Crippen molar-refractivity contribution in [2.75, 3.05) is 24.3 Å². The summed E-state index contributed by atoms with van der Waals surface area (Å²) in [5.74, 6) is -1.44. The van der Waals surface area contributed by atoms with Crippen molar-refractivity contribution in [2.45, 2.75) is 26.2 Å². The number of carboxylic acids is 1. The van der Waals surface area contributed by atoms with Crippen LogP contribution in [0.5, 0.6) is 0 Å². The fraction of sp³-hybridized carbons (Fsp3) is 0.500. The first-order valence-corrected chi connectivity index (χ1v) is 7.20. The molecule has 0 spiro atoms. The molecule has 0 bridgehead atoms. The molecule has 1 amide bonds. The Morgan fingerprint density at radius 1 is 1.24 bits per heavy atom. The van der Waals surface area contributed by atoms with Crippen LogP contribution in [0.1, 0.15) is 24.8 Å². The molecule has 21 heavy (non-hydrogen) atoms. The van der Waals surface area contributed by atoms with E-state index in [0.717, 1.165) is 16.9 Å². The first-order valence-electron chi connectivity index (χ1n) is 7.20. The molecule has 2 atom stereocenters. The van der Waals surface area contributed by atoms with Gasteiger partial charge in [-0.2, -0.15) is 0 Å². The second-order valence-electron chi connectivity index (χ2n) is 5.93. The summed E-state index contributed by atoms with van der Waals surface area (Å²) in [6.45, 7) is 1.96. The van der Waals surface area contributed by atoms with Crippen LogP contribution in [0.4, 0.5) is 11.4 Å². The Bertz CT molecular complexity index is 554. The number of aryl methyl sites for hydroxylation is 1. The van der Waals surface area contributed by atoms with Gasteiger partial charge in [-0.1, -0.05) is 0 Å². The predicted octanol–water partition coefficient (Wildman–Crippen LogP) is 2.50. The van der Waals surface area contributed by atoms with Crippen molar-refractivity contribution in [3.05, 3.63) is 23.8 Å². The van der Waals surface area contributed by atoms with Gasteiger partial charge in [0.1, 0.15) is 0 Å². The van der Waals surface area contributed by atoms with Gasteiger partial charge in [-0.15, -0.1) is 0 Å². The lowest BCUT2D eigenvalue weighted by Gasteiger charge is -2.17. The minimum atomic E-state index is -0.795. The predicted molar refractivity (Wildman–Crippen MR) is 82.6 cm³/mol. The van der Waals surface area contributed by atoms with Crippen molar-refractivity contribution in [1.29, 1.82) is 0 Å². The second kappa shape index (κ2) is 6.16. The number of amides is 1. The largest absolute Gasteiger partial charge is 0.481 e. The number of hydrogen-bond donors (Lipinski definition) is 2. The standard InChI is InChI=1S/C16H22N2O3/c1-10-8-13(18(2)3)6-7-14(10)17-15(19)11-4-5-12(9-11)16(20)21/h6-8,11-12H,4-5,9H2,1-3H3,(H,17,19)(H,20,21). The van der Waals surface area contributed by atoms with Gasteiger partial charge in [0.25, 0.3) is 0 Å². The van der Waals surface area contributed by atoms with Gasteiger partial charge in [-0.3, -0.25) is 9.59 Å². The molecular formula is C16H22N2O3. The fourth-order valence-electron chi connectivity index (χ4n) is 2.75. The lowest BCUT2D eigenvalue weighted by atomic mass is 10.0. The number of nitrogens with zero attached hydrogens (tertiary/aromatic N) is 1. The molecule has 1 aliphatic carbocycles. The Balaban J connectivity index is 2.02. The van der Waals surface area contributed by atoms with Crippen molar-refractivity contribution in [1.82, 2.24) is 0 Å². The van der Waals surface area contributed by atoms with E-state index >= 15 is 0 Å². The highest BCUT2D eigenvalue weighted by Crippen LogP contribution is 2.32. The number of carboxylic acid groups (broad SMARTS) is 1. The number of aliphatic carboxylic acids is 1. The van der Waals surface area contributed by atoms with Gasteiger partial charge in [-0.25, -0.2) is 0 Å². The number of benzene rings is 1. The van der Waals surface area contributed by atoms with Crippen LogP contribution in [-0.4, -0.2) is 31.1 Å². The normalized spacial score (nSPS) is 21.1. The van der Waals surface area contributed by atoms with Crippen LogP contribution in [0, 0.1) is 18.8 Å².